The molecule has 1 aliphatic carbocycles. The summed E-state index contributed by atoms with van der Waals surface area (Å²) in [6.07, 6.45) is 7.70. The van der Waals surface area contributed by atoms with Crippen molar-refractivity contribution < 1.29 is 14.3 Å². The van der Waals surface area contributed by atoms with Gasteiger partial charge in [0.25, 0.3) is 0 Å². The maximum atomic E-state index is 12.4. The lowest BCUT2D eigenvalue weighted by Crippen LogP contribution is -2.10. The first-order valence-corrected chi connectivity index (χ1v) is 5.98. The highest BCUT2D eigenvalue weighted by Crippen LogP contribution is 2.29. The van der Waals surface area contributed by atoms with Crippen molar-refractivity contribution >= 4 is 5.78 Å². The van der Waals surface area contributed by atoms with Crippen molar-refractivity contribution in [2.24, 2.45) is 5.92 Å². The Morgan fingerprint density at radius 1 is 1.16 bits per heavy atom. The van der Waals surface area contributed by atoms with E-state index in [2.05, 4.69) is 6.58 Å². The maximum Gasteiger partial charge on any atom is 0.193 e. The van der Waals surface area contributed by atoms with Crippen LogP contribution in [0.5, 0.6) is 11.5 Å². The first-order chi connectivity index (χ1) is 9.17. The van der Waals surface area contributed by atoms with Crippen LogP contribution in [-0.4, -0.2) is 20.0 Å². The van der Waals surface area contributed by atoms with Gasteiger partial charge in [-0.1, -0.05) is 30.9 Å². The second kappa shape index (κ2) is 5.57. The minimum Gasteiger partial charge on any atom is -0.497 e. The molecule has 0 radical (unpaired) electrons. The van der Waals surface area contributed by atoms with Crippen LogP contribution >= 0.6 is 0 Å². The van der Waals surface area contributed by atoms with Crippen LogP contribution in [0.2, 0.25) is 0 Å². The Kier molecular flexibility index (Phi) is 3.85. The third-order valence-electron chi connectivity index (χ3n) is 3.10. The fourth-order valence-electron chi connectivity index (χ4n) is 1.97. The Labute approximate surface area is 112 Å². The van der Waals surface area contributed by atoms with Gasteiger partial charge in [-0.25, -0.2) is 0 Å². The fourth-order valence-corrected chi connectivity index (χ4v) is 1.97. The molecule has 19 heavy (non-hydrogen) atoms. The van der Waals surface area contributed by atoms with Gasteiger partial charge in [-0.2, -0.15) is 0 Å². The van der Waals surface area contributed by atoms with Gasteiger partial charge in [0.2, 0.25) is 0 Å². The molecule has 1 aromatic rings. The van der Waals surface area contributed by atoms with E-state index >= 15 is 0 Å². The average Bonchev–Trinajstić information content (AvgIpc) is 2.99. The molecule has 0 aliphatic heterocycles. The number of ketones is 1. The molecule has 0 saturated heterocycles. The van der Waals surface area contributed by atoms with Gasteiger partial charge >= 0.3 is 0 Å². The molecule has 0 bridgehead atoms. The monoisotopic (exact) mass is 256 g/mol. The number of hydrogen-bond acceptors (Lipinski definition) is 3. The Hall–Kier alpha value is -2.29. The zero-order valence-electron chi connectivity index (χ0n) is 11.1. The Bertz CT molecular complexity index is 555. The minimum absolute atomic E-state index is 0.0284. The second-order valence-corrected chi connectivity index (χ2v) is 4.22. The Morgan fingerprint density at radius 3 is 2.42 bits per heavy atom. The molecule has 0 fully saturated rings. The van der Waals surface area contributed by atoms with Crippen molar-refractivity contribution in [1.82, 2.24) is 0 Å². The van der Waals surface area contributed by atoms with Crippen molar-refractivity contribution in [3.63, 3.8) is 0 Å². The van der Waals surface area contributed by atoms with E-state index in [1.807, 2.05) is 24.3 Å². The smallest absolute Gasteiger partial charge is 0.193 e. The van der Waals surface area contributed by atoms with E-state index < -0.39 is 0 Å². The molecular formula is C16H16O3. The Morgan fingerprint density at radius 2 is 1.84 bits per heavy atom. The molecule has 0 amide bonds. The number of carbonyl (C=O) groups is 1. The predicted octanol–water partition coefficient (Wildman–Crippen LogP) is 3.18. The number of allylic oxidation sites excluding steroid dienone is 5. The standard InChI is InChI=1S/C16H16O3/c1-11(12-6-4-5-7-12)16(17)14-9-8-13(18-2)10-15(14)19-3/h4-10,12H,1H2,2-3H3. The van der Waals surface area contributed by atoms with Gasteiger partial charge in [-0.05, 0) is 12.1 Å². The summed E-state index contributed by atoms with van der Waals surface area (Å²) in [5.74, 6) is 1.01. The van der Waals surface area contributed by atoms with Crippen LogP contribution in [0.4, 0.5) is 0 Å². The van der Waals surface area contributed by atoms with Crippen LogP contribution < -0.4 is 9.47 Å². The Balaban J connectivity index is 2.30. The lowest BCUT2D eigenvalue weighted by molar-refractivity contribution is 0.102. The predicted molar refractivity (Wildman–Crippen MR) is 74.8 cm³/mol. The van der Waals surface area contributed by atoms with Crippen molar-refractivity contribution in [1.29, 1.82) is 0 Å². The summed E-state index contributed by atoms with van der Waals surface area (Å²) in [6, 6.07) is 5.14. The molecule has 0 spiro atoms. The number of hydrogen-bond donors (Lipinski definition) is 0. The summed E-state index contributed by atoms with van der Waals surface area (Å²) in [5, 5.41) is 0. The number of benzene rings is 1. The topological polar surface area (TPSA) is 35.5 Å². The molecule has 0 saturated carbocycles. The first kappa shape index (κ1) is 13.1. The molecule has 3 heteroatoms. The summed E-state index contributed by atoms with van der Waals surface area (Å²) < 4.78 is 10.4. The average molecular weight is 256 g/mol. The van der Waals surface area contributed by atoms with E-state index in [0.717, 1.165) is 0 Å². The van der Waals surface area contributed by atoms with Crippen LogP contribution in [0.15, 0.2) is 54.7 Å². The number of Topliss-reactive ketones (excluding diaryl/α,β-unsaturated/α-hetero) is 1. The van der Waals surface area contributed by atoms with E-state index in [1.54, 1.807) is 25.3 Å². The van der Waals surface area contributed by atoms with Crippen molar-refractivity contribution in [3.8, 4) is 11.5 Å². The zero-order chi connectivity index (χ0) is 13.8. The normalized spacial score (nSPS) is 13.6. The van der Waals surface area contributed by atoms with Crippen LogP contribution in [0, 0.1) is 5.92 Å². The molecule has 98 valence electrons. The van der Waals surface area contributed by atoms with E-state index in [9.17, 15) is 4.79 Å². The van der Waals surface area contributed by atoms with Crippen LogP contribution in [0.25, 0.3) is 0 Å². The lowest BCUT2D eigenvalue weighted by Gasteiger charge is -2.13. The molecular weight excluding hydrogens is 240 g/mol. The molecule has 0 unspecified atom stereocenters. The molecule has 1 aromatic carbocycles. The number of ether oxygens (including phenoxy) is 2. The number of rotatable bonds is 5. The molecule has 3 nitrogen and oxygen atoms in total. The van der Waals surface area contributed by atoms with Crippen molar-refractivity contribution in [3.05, 3.63) is 60.2 Å². The zero-order valence-corrected chi connectivity index (χ0v) is 11.1. The largest absolute Gasteiger partial charge is 0.497 e. The summed E-state index contributed by atoms with van der Waals surface area (Å²) in [4.78, 5) is 12.4. The number of methoxy groups -OCH3 is 2. The molecule has 0 aromatic heterocycles. The molecule has 0 N–H and O–H groups in total. The van der Waals surface area contributed by atoms with E-state index in [-0.39, 0.29) is 11.7 Å². The van der Waals surface area contributed by atoms with E-state index in [0.29, 0.717) is 22.6 Å². The SMILES string of the molecule is C=C(C(=O)c1ccc(OC)cc1OC)C1C=CC=C1. The van der Waals surface area contributed by atoms with Gasteiger partial charge < -0.3 is 9.47 Å². The van der Waals surface area contributed by atoms with Gasteiger partial charge in [0, 0.05) is 17.6 Å². The highest BCUT2D eigenvalue weighted by Gasteiger charge is 2.20. The summed E-state index contributed by atoms with van der Waals surface area (Å²) in [5.41, 5.74) is 1.04. The van der Waals surface area contributed by atoms with Crippen molar-refractivity contribution in [2.75, 3.05) is 14.2 Å². The quantitative estimate of drug-likeness (QED) is 0.599. The number of carbonyl (C=O) groups excluding carboxylic acids is 1. The third-order valence-corrected chi connectivity index (χ3v) is 3.10. The fraction of sp³-hybridized carbons (Fsp3) is 0.188. The van der Waals surface area contributed by atoms with Crippen LogP contribution in [0.3, 0.4) is 0 Å². The third kappa shape index (κ3) is 2.60. The highest BCUT2D eigenvalue weighted by molar-refractivity contribution is 6.11. The van der Waals surface area contributed by atoms with Crippen LogP contribution in [-0.2, 0) is 0 Å². The van der Waals surface area contributed by atoms with E-state index in [1.165, 1.54) is 7.11 Å². The second-order valence-electron chi connectivity index (χ2n) is 4.22. The van der Waals surface area contributed by atoms with Crippen LogP contribution in [0.1, 0.15) is 10.4 Å². The van der Waals surface area contributed by atoms with Gasteiger partial charge in [0.05, 0.1) is 19.8 Å². The lowest BCUT2D eigenvalue weighted by atomic mass is 9.94. The van der Waals surface area contributed by atoms with Gasteiger partial charge in [-0.15, -0.1) is 0 Å². The summed E-state index contributed by atoms with van der Waals surface area (Å²) >= 11 is 0. The molecule has 0 atom stereocenters. The van der Waals surface area contributed by atoms with E-state index in [4.69, 9.17) is 9.47 Å². The van der Waals surface area contributed by atoms with Gasteiger partial charge in [0.1, 0.15) is 11.5 Å². The maximum absolute atomic E-state index is 12.4. The minimum atomic E-state index is -0.110. The summed E-state index contributed by atoms with van der Waals surface area (Å²) in [7, 11) is 3.10. The van der Waals surface area contributed by atoms with Crippen molar-refractivity contribution in [2.45, 2.75) is 0 Å². The molecule has 2 rings (SSSR count). The van der Waals surface area contributed by atoms with Gasteiger partial charge in [-0.3, -0.25) is 4.79 Å². The first-order valence-electron chi connectivity index (χ1n) is 5.98. The molecule has 1 aliphatic rings. The summed E-state index contributed by atoms with van der Waals surface area (Å²) in [6.45, 7) is 3.89. The van der Waals surface area contributed by atoms with Gasteiger partial charge in [0.15, 0.2) is 5.78 Å². The highest BCUT2D eigenvalue weighted by atomic mass is 16.5. The molecule has 0 heterocycles.